The highest BCUT2D eigenvalue weighted by atomic mass is 31.1. The van der Waals surface area contributed by atoms with E-state index in [0.717, 1.165) is 0 Å². The lowest BCUT2D eigenvalue weighted by molar-refractivity contribution is -0.167. The molecule has 2 aliphatic rings. The third-order valence-corrected chi connectivity index (χ3v) is 7.94. The Labute approximate surface area is 229 Å². The van der Waals surface area contributed by atoms with Crippen LogP contribution >= 0.6 is 18.1 Å². The summed E-state index contributed by atoms with van der Waals surface area (Å²) in [6, 6.07) is 1.32. The largest absolute Gasteiger partial charge is 0.388 e. The van der Waals surface area contributed by atoms with Crippen LogP contribution in [0.25, 0.3) is 16.9 Å². The van der Waals surface area contributed by atoms with E-state index in [2.05, 4.69) is 19.9 Å². The average Bonchev–Trinajstić information content (AvgIpc) is 3.68. The number of imidazole rings is 2. The molecule has 6 heterocycles. The summed E-state index contributed by atoms with van der Waals surface area (Å²) in [5.74, 6) is -0.0723. The Hall–Kier alpha value is -2.69. The molecule has 2 fully saturated rings. The lowest BCUT2D eigenvalue weighted by Gasteiger charge is -2.29. The van der Waals surface area contributed by atoms with Gasteiger partial charge in [-0.1, -0.05) is 0 Å². The smallest absolute Gasteiger partial charge is 0.258 e. The summed E-state index contributed by atoms with van der Waals surface area (Å²) in [6.45, 7) is 0.0927. The van der Waals surface area contributed by atoms with Crippen molar-refractivity contribution in [3.63, 3.8) is 0 Å². The minimum atomic E-state index is -1.37. The number of nitrogen functional groups attached to an aromatic ring is 1. The first-order valence-electron chi connectivity index (χ1n) is 12.0. The first-order valence-corrected chi connectivity index (χ1v) is 13.7. The van der Waals surface area contributed by atoms with Crippen molar-refractivity contribution in [2.45, 2.75) is 37.1 Å². The molecule has 0 spiro atoms. The zero-order valence-electron chi connectivity index (χ0n) is 20.9. The molecule has 40 heavy (non-hydrogen) atoms. The first-order chi connectivity index (χ1) is 19.5. The Bertz CT molecular complexity index is 1530. The molecule has 214 valence electrons. The maximum Gasteiger partial charge on any atom is 0.258 e. The van der Waals surface area contributed by atoms with Crippen molar-refractivity contribution < 1.29 is 37.8 Å². The van der Waals surface area contributed by atoms with Gasteiger partial charge in [0, 0.05) is 37.7 Å². The van der Waals surface area contributed by atoms with Crippen LogP contribution in [-0.2, 0) is 27.6 Å². The molecule has 2 aliphatic heterocycles. The molecule has 0 saturated carbocycles. The number of aliphatic hydroxyl groups excluding tert-OH is 2. The number of hydrogen-bond donors (Lipinski definition) is 3. The number of rotatable bonds is 3. The third kappa shape index (κ3) is 4.99. The highest BCUT2D eigenvalue weighted by Crippen LogP contribution is 2.39. The predicted octanol–water partition coefficient (Wildman–Crippen LogP) is -0.278. The molecule has 0 amide bonds. The van der Waals surface area contributed by atoms with E-state index in [-0.39, 0.29) is 30.4 Å². The number of hydrogen-bond acceptors (Lipinski definition) is 14. The van der Waals surface area contributed by atoms with Crippen molar-refractivity contribution in [1.29, 1.82) is 0 Å². The van der Waals surface area contributed by atoms with Crippen LogP contribution in [0.2, 0.25) is 0 Å². The highest BCUT2D eigenvalue weighted by Gasteiger charge is 2.46. The van der Waals surface area contributed by atoms with Gasteiger partial charge < -0.3 is 43.5 Å². The Kier molecular flexibility index (Phi) is 8.01. The summed E-state index contributed by atoms with van der Waals surface area (Å²) in [6.07, 6.45) is 1.09. The van der Waals surface area contributed by atoms with E-state index < -0.39 is 61.0 Å². The second-order valence-electron chi connectivity index (χ2n) is 8.97. The lowest BCUT2D eigenvalue weighted by atomic mass is 9.99. The SMILES string of the molecule is COC1OPOC[C@H]2[C@@H](O)[C@H](n3cnc4c(N)ncnc43)O[C@@H]2COPO[C@@H](n2ccc(=O)n3ccnc23)[C@@H]1O. The molecule has 19 heteroatoms. The molecule has 3 unspecified atom stereocenters. The minimum absolute atomic E-state index is 0.0349. The summed E-state index contributed by atoms with van der Waals surface area (Å²) < 4.78 is 39.1. The normalized spacial score (nSPS) is 31.7. The van der Waals surface area contributed by atoms with Crippen LogP contribution < -0.4 is 11.3 Å². The quantitative estimate of drug-likeness (QED) is 0.260. The van der Waals surface area contributed by atoms with E-state index in [4.69, 9.17) is 33.3 Å². The van der Waals surface area contributed by atoms with Crippen LogP contribution in [0.15, 0.2) is 42.1 Å². The molecule has 17 nitrogen and oxygen atoms in total. The summed E-state index contributed by atoms with van der Waals surface area (Å²) >= 11 is 0. The summed E-state index contributed by atoms with van der Waals surface area (Å²) in [4.78, 5) is 28.9. The first kappa shape index (κ1) is 27.5. The number of anilines is 1. The molecule has 0 aliphatic carbocycles. The number of methoxy groups -OCH3 is 1. The molecule has 0 aromatic carbocycles. The van der Waals surface area contributed by atoms with Crippen molar-refractivity contribution in [3.8, 4) is 0 Å². The molecule has 6 rings (SSSR count). The van der Waals surface area contributed by atoms with Gasteiger partial charge in [-0.25, -0.2) is 19.9 Å². The summed E-state index contributed by atoms with van der Waals surface area (Å²) in [5.41, 5.74) is 6.41. The Balaban J connectivity index is 1.24. The van der Waals surface area contributed by atoms with E-state index in [1.807, 2.05) is 0 Å². The van der Waals surface area contributed by atoms with Gasteiger partial charge in [0.25, 0.3) is 5.56 Å². The van der Waals surface area contributed by atoms with Crippen molar-refractivity contribution >= 4 is 40.8 Å². The van der Waals surface area contributed by atoms with Gasteiger partial charge in [0.1, 0.15) is 17.9 Å². The topological polar surface area (TPSA) is 205 Å². The molecule has 0 radical (unpaired) electrons. The molecule has 9 atom stereocenters. The van der Waals surface area contributed by atoms with Gasteiger partial charge in [-0.15, -0.1) is 0 Å². The van der Waals surface area contributed by atoms with Crippen LogP contribution in [0.3, 0.4) is 0 Å². The monoisotopic (exact) mass is 596 g/mol. The van der Waals surface area contributed by atoms with Gasteiger partial charge in [0.05, 0.1) is 25.6 Å². The number of nitrogens with two attached hydrogens (primary N) is 1. The van der Waals surface area contributed by atoms with E-state index in [1.165, 1.54) is 53.4 Å². The van der Waals surface area contributed by atoms with Crippen LogP contribution in [0.5, 0.6) is 0 Å². The summed E-state index contributed by atoms with van der Waals surface area (Å²) in [7, 11) is 0.226. The average molecular weight is 596 g/mol. The van der Waals surface area contributed by atoms with Crippen LogP contribution in [0, 0.1) is 5.92 Å². The van der Waals surface area contributed by atoms with Crippen LogP contribution in [-0.4, -0.2) is 88.6 Å². The van der Waals surface area contributed by atoms with E-state index >= 15 is 0 Å². The van der Waals surface area contributed by atoms with Gasteiger partial charge in [-0.2, -0.15) is 0 Å². The van der Waals surface area contributed by atoms with Crippen molar-refractivity contribution in [3.05, 3.63) is 47.7 Å². The van der Waals surface area contributed by atoms with Gasteiger partial charge in [0.15, 0.2) is 54.4 Å². The van der Waals surface area contributed by atoms with Gasteiger partial charge >= 0.3 is 0 Å². The molecule has 0 bridgehead atoms. The van der Waals surface area contributed by atoms with Crippen LogP contribution in [0.4, 0.5) is 5.82 Å². The van der Waals surface area contributed by atoms with Crippen LogP contribution in [0.1, 0.15) is 12.5 Å². The minimum Gasteiger partial charge on any atom is -0.388 e. The third-order valence-electron chi connectivity index (χ3n) is 6.70. The molecule has 4 N–H and O–H groups in total. The molecular formula is C21H26N8O9P2. The fraction of sp³-hybridized carbons (Fsp3) is 0.476. The maximum atomic E-state index is 12.2. The summed E-state index contributed by atoms with van der Waals surface area (Å²) in [5, 5.41) is 22.4. The maximum absolute atomic E-state index is 12.2. The number of aromatic nitrogens is 7. The van der Waals surface area contributed by atoms with E-state index in [0.29, 0.717) is 11.2 Å². The molecular weight excluding hydrogens is 570 g/mol. The van der Waals surface area contributed by atoms with Gasteiger partial charge in [-0.3, -0.25) is 18.3 Å². The van der Waals surface area contributed by atoms with E-state index in [1.54, 1.807) is 4.57 Å². The van der Waals surface area contributed by atoms with Crippen molar-refractivity contribution in [2.75, 3.05) is 26.1 Å². The van der Waals surface area contributed by atoms with Gasteiger partial charge in [0.2, 0.25) is 5.78 Å². The Morgan fingerprint density at radius 1 is 1.02 bits per heavy atom. The zero-order valence-corrected chi connectivity index (χ0v) is 22.9. The number of aliphatic hydroxyl groups is 2. The van der Waals surface area contributed by atoms with Crippen molar-refractivity contribution in [2.24, 2.45) is 5.92 Å². The number of ether oxygens (including phenoxy) is 2. The second-order valence-corrected chi connectivity index (χ2v) is 10.4. The van der Waals surface area contributed by atoms with Crippen molar-refractivity contribution in [1.82, 2.24) is 33.5 Å². The Morgan fingerprint density at radius 3 is 2.70 bits per heavy atom. The molecule has 2 saturated heterocycles. The fourth-order valence-electron chi connectivity index (χ4n) is 4.69. The number of fused-ring (bicyclic) bond motifs is 3. The second kappa shape index (κ2) is 11.7. The predicted molar refractivity (Wildman–Crippen MR) is 139 cm³/mol. The molecule has 4 aromatic rings. The highest BCUT2D eigenvalue weighted by molar-refractivity contribution is 7.26. The Morgan fingerprint density at radius 2 is 1.85 bits per heavy atom. The standard InChI is InChI=1S/C21H26N8O9P2/c1-33-20-15(32)19(28-4-2-12(30)27-5-3-23-21(27)28)37-39-35-7-11-10(6-34-40-38-20)14(31)18(36-11)29-9-26-13-16(22)24-8-25-17(13)29/h2-5,8-11,14-15,18-20,31-32,39-40H,6-7H2,1H3,(H2,22,24,25)/t10-,11-,14-,15+,18-,19-,20?/m1/s1. The zero-order chi connectivity index (χ0) is 27.8. The number of nitrogens with zero attached hydrogens (tertiary/aromatic N) is 7. The van der Waals surface area contributed by atoms with E-state index in [9.17, 15) is 15.0 Å². The lowest BCUT2D eigenvalue weighted by Crippen LogP contribution is -2.38. The fourth-order valence-corrected chi connectivity index (χ4v) is 6.00. The van der Waals surface area contributed by atoms with Gasteiger partial charge in [-0.05, 0) is 0 Å². The molecule has 4 aromatic heterocycles.